The Morgan fingerprint density at radius 2 is 2.12 bits per heavy atom. The number of rotatable bonds is 4. The Balaban J connectivity index is 1.88. The van der Waals surface area contributed by atoms with Gasteiger partial charge in [-0.25, -0.2) is 9.67 Å². The van der Waals surface area contributed by atoms with E-state index in [4.69, 9.17) is 11.6 Å². The first-order chi connectivity index (χ1) is 11.6. The quantitative estimate of drug-likeness (QED) is 0.648. The van der Waals surface area contributed by atoms with E-state index in [2.05, 4.69) is 26.0 Å². The van der Waals surface area contributed by atoms with Crippen LogP contribution in [0.2, 0.25) is 5.02 Å². The minimum absolute atomic E-state index is 0.201. The molecule has 0 aliphatic rings. The number of carbonyl (C=O) groups is 1. The van der Waals surface area contributed by atoms with Crippen LogP contribution < -0.4 is 4.90 Å². The summed E-state index contributed by atoms with van der Waals surface area (Å²) in [6, 6.07) is 12.6. The lowest BCUT2D eigenvalue weighted by molar-refractivity contribution is 0.0982. The van der Waals surface area contributed by atoms with Crippen LogP contribution in [0.1, 0.15) is 17.4 Å². The zero-order valence-corrected chi connectivity index (χ0v) is 15.2. The molecule has 3 aromatic rings. The van der Waals surface area contributed by atoms with Crippen LogP contribution in [0.25, 0.3) is 5.69 Å². The van der Waals surface area contributed by atoms with E-state index in [-0.39, 0.29) is 5.91 Å². The number of amides is 1. The summed E-state index contributed by atoms with van der Waals surface area (Å²) in [7, 11) is 0. The molecule has 5 nitrogen and oxygen atoms in total. The lowest BCUT2D eigenvalue weighted by atomic mass is 10.3. The van der Waals surface area contributed by atoms with Gasteiger partial charge in [0.15, 0.2) is 5.69 Å². The molecule has 7 heteroatoms. The van der Waals surface area contributed by atoms with E-state index in [1.807, 2.05) is 25.1 Å². The number of pyridine rings is 1. The van der Waals surface area contributed by atoms with Crippen LogP contribution in [0.15, 0.2) is 59.3 Å². The van der Waals surface area contributed by atoms with Crippen molar-refractivity contribution in [1.29, 1.82) is 0 Å². The fraction of sp³-hybridized carbons (Fsp3) is 0.118. The molecule has 24 heavy (non-hydrogen) atoms. The molecule has 0 aliphatic heterocycles. The van der Waals surface area contributed by atoms with E-state index >= 15 is 0 Å². The summed E-state index contributed by atoms with van der Waals surface area (Å²) in [6.07, 6.45) is 3.40. The van der Waals surface area contributed by atoms with Gasteiger partial charge in [0, 0.05) is 28.4 Å². The second kappa shape index (κ2) is 7.15. The minimum Gasteiger partial charge on any atom is -0.292 e. The molecule has 2 aromatic heterocycles. The van der Waals surface area contributed by atoms with Crippen molar-refractivity contribution in [3.05, 3.63) is 70.0 Å². The normalized spacial score (nSPS) is 10.6. The second-order valence-corrected chi connectivity index (χ2v) is 6.36. The highest BCUT2D eigenvalue weighted by molar-refractivity contribution is 9.10. The Morgan fingerprint density at radius 1 is 1.29 bits per heavy atom. The van der Waals surface area contributed by atoms with Crippen molar-refractivity contribution in [2.75, 3.05) is 11.4 Å². The molecule has 0 N–H and O–H groups in total. The van der Waals surface area contributed by atoms with Crippen LogP contribution in [0.4, 0.5) is 5.82 Å². The van der Waals surface area contributed by atoms with E-state index in [0.29, 0.717) is 23.1 Å². The summed E-state index contributed by atoms with van der Waals surface area (Å²) in [4.78, 5) is 18.6. The van der Waals surface area contributed by atoms with Crippen LogP contribution >= 0.6 is 27.5 Å². The third-order valence-electron chi connectivity index (χ3n) is 3.43. The molecule has 122 valence electrons. The predicted octanol–water partition coefficient (Wildman–Crippen LogP) is 4.35. The zero-order valence-electron chi connectivity index (χ0n) is 12.9. The topological polar surface area (TPSA) is 51.0 Å². The average Bonchev–Trinajstić information content (AvgIpc) is 3.07. The van der Waals surface area contributed by atoms with Gasteiger partial charge in [0.25, 0.3) is 5.91 Å². The molecule has 1 aromatic carbocycles. The molecule has 0 spiro atoms. The van der Waals surface area contributed by atoms with Crippen LogP contribution in [-0.4, -0.2) is 27.2 Å². The van der Waals surface area contributed by atoms with Crippen molar-refractivity contribution >= 4 is 39.3 Å². The standard InChI is InChI=1S/C17H14BrClN4O/c1-2-22(16-7-6-12(18)11-20-16)17(24)15-8-9-23(21-15)14-5-3-4-13(19)10-14/h3-11H,2H2,1H3. The van der Waals surface area contributed by atoms with Crippen LogP contribution in [0.5, 0.6) is 0 Å². The lowest BCUT2D eigenvalue weighted by Gasteiger charge is -2.18. The highest BCUT2D eigenvalue weighted by atomic mass is 79.9. The highest BCUT2D eigenvalue weighted by Crippen LogP contribution is 2.18. The van der Waals surface area contributed by atoms with Crippen molar-refractivity contribution in [2.24, 2.45) is 0 Å². The molecule has 1 amide bonds. The molecule has 0 saturated heterocycles. The summed E-state index contributed by atoms with van der Waals surface area (Å²) >= 11 is 9.34. The molecule has 2 heterocycles. The Morgan fingerprint density at radius 3 is 2.79 bits per heavy atom. The average molecular weight is 406 g/mol. The van der Waals surface area contributed by atoms with Crippen LogP contribution in [-0.2, 0) is 0 Å². The fourth-order valence-electron chi connectivity index (χ4n) is 2.28. The maximum absolute atomic E-state index is 12.7. The number of hydrogen-bond acceptors (Lipinski definition) is 3. The Hall–Kier alpha value is -2.18. The van der Waals surface area contributed by atoms with E-state index < -0.39 is 0 Å². The molecule has 0 unspecified atom stereocenters. The number of anilines is 1. The fourth-order valence-corrected chi connectivity index (χ4v) is 2.70. The number of aromatic nitrogens is 3. The van der Waals surface area contributed by atoms with E-state index in [1.165, 1.54) is 0 Å². The summed E-state index contributed by atoms with van der Waals surface area (Å²) in [6.45, 7) is 2.40. The molecular weight excluding hydrogens is 392 g/mol. The largest absolute Gasteiger partial charge is 0.292 e. The van der Waals surface area contributed by atoms with Gasteiger partial charge >= 0.3 is 0 Å². The van der Waals surface area contributed by atoms with Gasteiger partial charge in [0.05, 0.1) is 5.69 Å². The van der Waals surface area contributed by atoms with Gasteiger partial charge < -0.3 is 0 Å². The van der Waals surface area contributed by atoms with E-state index in [9.17, 15) is 4.79 Å². The SMILES string of the molecule is CCN(C(=O)c1ccn(-c2cccc(Cl)c2)n1)c1ccc(Br)cn1. The number of carbonyl (C=O) groups excluding carboxylic acids is 1. The summed E-state index contributed by atoms with van der Waals surface area (Å²) in [5, 5.41) is 4.98. The minimum atomic E-state index is -0.201. The lowest BCUT2D eigenvalue weighted by Crippen LogP contribution is -2.31. The maximum atomic E-state index is 12.7. The summed E-state index contributed by atoms with van der Waals surface area (Å²) < 4.78 is 2.49. The zero-order chi connectivity index (χ0) is 17.1. The van der Waals surface area contributed by atoms with Gasteiger partial charge in [-0.05, 0) is 59.3 Å². The van der Waals surface area contributed by atoms with Gasteiger partial charge in [0.2, 0.25) is 0 Å². The first-order valence-electron chi connectivity index (χ1n) is 7.33. The Bertz CT molecular complexity index is 863. The van der Waals surface area contributed by atoms with Gasteiger partial charge in [0.1, 0.15) is 5.82 Å². The smallest absolute Gasteiger partial charge is 0.279 e. The summed E-state index contributed by atoms with van der Waals surface area (Å²) in [5.74, 6) is 0.385. The maximum Gasteiger partial charge on any atom is 0.279 e. The monoisotopic (exact) mass is 404 g/mol. The van der Waals surface area contributed by atoms with Gasteiger partial charge in [-0.2, -0.15) is 5.10 Å². The Labute approximate surface area is 153 Å². The summed E-state index contributed by atoms with van der Waals surface area (Å²) in [5.41, 5.74) is 1.15. The molecule has 0 radical (unpaired) electrons. The van der Waals surface area contributed by atoms with Crippen molar-refractivity contribution in [2.45, 2.75) is 6.92 Å². The van der Waals surface area contributed by atoms with Crippen molar-refractivity contribution in [3.63, 3.8) is 0 Å². The molecule has 0 atom stereocenters. The third-order valence-corrected chi connectivity index (χ3v) is 4.13. The molecule has 0 aliphatic carbocycles. The van der Waals surface area contributed by atoms with Crippen molar-refractivity contribution in [3.8, 4) is 5.69 Å². The molecule has 0 saturated carbocycles. The first kappa shape index (κ1) is 16.7. The van der Waals surface area contributed by atoms with Gasteiger partial charge in [-0.1, -0.05) is 17.7 Å². The third kappa shape index (κ3) is 3.49. The highest BCUT2D eigenvalue weighted by Gasteiger charge is 2.19. The van der Waals surface area contributed by atoms with E-state index in [0.717, 1.165) is 10.2 Å². The molecule has 0 bridgehead atoms. The number of benzene rings is 1. The van der Waals surface area contributed by atoms with Gasteiger partial charge in [-0.15, -0.1) is 0 Å². The predicted molar refractivity (Wildman–Crippen MR) is 97.9 cm³/mol. The number of hydrogen-bond donors (Lipinski definition) is 0. The van der Waals surface area contributed by atoms with Crippen molar-refractivity contribution in [1.82, 2.24) is 14.8 Å². The van der Waals surface area contributed by atoms with Crippen molar-refractivity contribution < 1.29 is 4.79 Å². The van der Waals surface area contributed by atoms with Gasteiger partial charge in [-0.3, -0.25) is 9.69 Å². The van der Waals surface area contributed by atoms with E-state index in [1.54, 1.807) is 46.2 Å². The molecular formula is C17H14BrClN4O. The second-order valence-electron chi connectivity index (χ2n) is 5.01. The molecule has 0 fully saturated rings. The first-order valence-corrected chi connectivity index (χ1v) is 8.50. The Kier molecular flexibility index (Phi) is 4.97. The number of nitrogens with zero attached hydrogens (tertiary/aromatic N) is 4. The van der Waals surface area contributed by atoms with Crippen LogP contribution in [0, 0.1) is 0 Å². The van der Waals surface area contributed by atoms with Crippen LogP contribution in [0.3, 0.4) is 0 Å². The molecule has 3 rings (SSSR count). The number of halogens is 2.